The Morgan fingerprint density at radius 3 is 2.81 bits per heavy atom. The first-order chi connectivity index (χ1) is 12.7. The molecule has 0 radical (unpaired) electrons. The van der Waals surface area contributed by atoms with Gasteiger partial charge in [-0.1, -0.05) is 11.6 Å². The molecule has 138 valence electrons. The fraction of sp³-hybridized carbons (Fsp3) is 0.500. The molecule has 0 bridgehead atoms. The van der Waals surface area contributed by atoms with Crippen molar-refractivity contribution in [3.8, 4) is 5.75 Å². The molecule has 1 aromatic carbocycles. The number of hydrogen-bond acceptors (Lipinski definition) is 3. The average Bonchev–Trinajstić information content (AvgIpc) is 3.36. The van der Waals surface area contributed by atoms with Crippen molar-refractivity contribution in [2.24, 2.45) is 5.92 Å². The highest BCUT2D eigenvalue weighted by molar-refractivity contribution is 6.30. The second-order valence-corrected chi connectivity index (χ2v) is 7.74. The lowest BCUT2D eigenvalue weighted by molar-refractivity contribution is -0.134. The Labute approximate surface area is 158 Å². The molecule has 4 rings (SSSR count). The average molecular weight is 374 g/mol. The van der Waals surface area contributed by atoms with Crippen LogP contribution >= 0.6 is 11.6 Å². The molecule has 1 amide bonds. The molecule has 1 atom stereocenters. The summed E-state index contributed by atoms with van der Waals surface area (Å²) in [5.74, 6) is 2.96. The summed E-state index contributed by atoms with van der Waals surface area (Å²) in [7, 11) is 0. The first kappa shape index (κ1) is 17.4. The maximum atomic E-state index is 12.6. The number of imidazole rings is 1. The highest BCUT2D eigenvalue weighted by atomic mass is 35.5. The van der Waals surface area contributed by atoms with Crippen LogP contribution in [-0.2, 0) is 11.3 Å². The van der Waals surface area contributed by atoms with E-state index in [1.165, 1.54) is 12.8 Å². The van der Waals surface area contributed by atoms with Crippen LogP contribution in [0.4, 0.5) is 0 Å². The van der Waals surface area contributed by atoms with Crippen molar-refractivity contribution >= 4 is 17.5 Å². The SMILES string of the molecule is O=C(COc1ccc(Cl)cc1)N1CCC[C@H](c2nccn2CC2CC2)C1. The van der Waals surface area contributed by atoms with Gasteiger partial charge < -0.3 is 14.2 Å². The summed E-state index contributed by atoms with van der Waals surface area (Å²) in [6.45, 7) is 2.65. The Morgan fingerprint density at radius 2 is 2.04 bits per heavy atom. The molecule has 1 saturated heterocycles. The van der Waals surface area contributed by atoms with Gasteiger partial charge in [-0.15, -0.1) is 0 Å². The number of rotatable bonds is 6. The zero-order valence-electron chi connectivity index (χ0n) is 14.8. The summed E-state index contributed by atoms with van der Waals surface area (Å²) in [4.78, 5) is 19.1. The number of nitrogens with zero attached hydrogens (tertiary/aromatic N) is 3. The van der Waals surface area contributed by atoms with Crippen LogP contribution in [0.15, 0.2) is 36.7 Å². The van der Waals surface area contributed by atoms with E-state index >= 15 is 0 Å². The van der Waals surface area contributed by atoms with Crippen LogP contribution in [0.2, 0.25) is 5.02 Å². The highest BCUT2D eigenvalue weighted by Gasteiger charge is 2.29. The zero-order valence-corrected chi connectivity index (χ0v) is 15.6. The minimum atomic E-state index is 0.0324. The first-order valence-electron chi connectivity index (χ1n) is 9.36. The van der Waals surface area contributed by atoms with Crippen LogP contribution in [0.1, 0.15) is 37.4 Å². The maximum absolute atomic E-state index is 12.6. The smallest absolute Gasteiger partial charge is 0.260 e. The molecule has 0 unspecified atom stereocenters. The predicted molar refractivity (Wildman–Crippen MR) is 100 cm³/mol. The number of amides is 1. The number of carbonyl (C=O) groups is 1. The summed E-state index contributed by atoms with van der Waals surface area (Å²) in [5.41, 5.74) is 0. The molecule has 2 fully saturated rings. The van der Waals surface area contributed by atoms with Crippen molar-refractivity contribution in [2.75, 3.05) is 19.7 Å². The van der Waals surface area contributed by atoms with Crippen LogP contribution in [0, 0.1) is 5.92 Å². The Morgan fingerprint density at radius 1 is 1.23 bits per heavy atom. The number of ether oxygens (including phenoxy) is 1. The zero-order chi connectivity index (χ0) is 17.9. The van der Waals surface area contributed by atoms with Gasteiger partial charge in [0.05, 0.1) is 0 Å². The molecule has 0 N–H and O–H groups in total. The molecule has 1 saturated carbocycles. The van der Waals surface area contributed by atoms with E-state index in [9.17, 15) is 4.79 Å². The summed E-state index contributed by atoms with van der Waals surface area (Å²) >= 11 is 5.87. The third kappa shape index (κ3) is 4.21. The summed E-state index contributed by atoms with van der Waals surface area (Å²) in [6, 6.07) is 7.09. The Kier molecular flexibility index (Phi) is 5.16. The number of piperidine rings is 1. The van der Waals surface area contributed by atoms with Crippen molar-refractivity contribution in [2.45, 2.75) is 38.1 Å². The molecule has 5 nitrogen and oxygen atoms in total. The second kappa shape index (κ2) is 7.70. The van der Waals surface area contributed by atoms with Gasteiger partial charge in [-0.2, -0.15) is 0 Å². The van der Waals surface area contributed by atoms with Gasteiger partial charge in [0.2, 0.25) is 0 Å². The van der Waals surface area contributed by atoms with Gasteiger partial charge in [0.25, 0.3) is 5.91 Å². The van der Waals surface area contributed by atoms with E-state index in [0.29, 0.717) is 16.7 Å². The standard InChI is InChI=1S/C20H24ClN3O2/c21-17-5-7-18(8-6-17)26-14-19(25)23-10-1-2-16(13-23)20-22-9-11-24(20)12-15-3-4-15/h5-9,11,15-16H,1-4,10,12-14H2/t16-/m0/s1. The van der Waals surface area contributed by atoms with E-state index in [1.807, 2.05) is 11.1 Å². The number of likely N-dealkylation sites (tertiary alicyclic amines) is 1. The number of carbonyl (C=O) groups excluding carboxylic acids is 1. The molecule has 1 aliphatic carbocycles. The van der Waals surface area contributed by atoms with Crippen LogP contribution in [0.3, 0.4) is 0 Å². The lowest BCUT2D eigenvalue weighted by Gasteiger charge is -2.32. The summed E-state index contributed by atoms with van der Waals surface area (Å²) in [5, 5.41) is 0.657. The third-order valence-electron chi connectivity index (χ3n) is 5.21. The molecule has 1 aliphatic heterocycles. The minimum absolute atomic E-state index is 0.0324. The van der Waals surface area contributed by atoms with Crippen molar-refractivity contribution < 1.29 is 9.53 Å². The van der Waals surface area contributed by atoms with Gasteiger partial charge in [0.15, 0.2) is 6.61 Å². The number of halogens is 1. The maximum Gasteiger partial charge on any atom is 0.260 e. The molecule has 26 heavy (non-hydrogen) atoms. The molecule has 0 spiro atoms. The Balaban J connectivity index is 1.34. The van der Waals surface area contributed by atoms with E-state index in [1.54, 1.807) is 24.3 Å². The quantitative estimate of drug-likeness (QED) is 0.775. The van der Waals surface area contributed by atoms with Crippen molar-refractivity contribution in [1.29, 1.82) is 0 Å². The van der Waals surface area contributed by atoms with Crippen LogP contribution in [-0.4, -0.2) is 40.1 Å². The molecule has 2 aliphatic rings. The molecule has 6 heteroatoms. The van der Waals surface area contributed by atoms with Gasteiger partial charge >= 0.3 is 0 Å². The van der Waals surface area contributed by atoms with Crippen molar-refractivity contribution in [3.05, 3.63) is 47.5 Å². The van der Waals surface area contributed by atoms with E-state index in [4.69, 9.17) is 16.3 Å². The fourth-order valence-corrected chi connectivity index (χ4v) is 3.72. The molecular weight excluding hydrogens is 350 g/mol. The van der Waals surface area contributed by atoms with Crippen molar-refractivity contribution in [1.82, 2.24) is 14.5 Å². The molecule has 2 heterocycles. The normalized spacial score (nSPS) is 20.2. The predicted octanol–water partition coefficient (Wildman–Crippen LogP) is 3.73. The van der Waals surface area contributed by atoms with Crippen LogP contribution in [0.5, 0.6) is 5.75 Å². The minimum Gasteiger partial charge on any atom is -0.484 e. The topological polar surface area (TPSA) is 47.4 Å². The van der Waals surface area contributed by atoms with E-state index in [2.05, 4.69) is 15.7 Å². The number of hydrogen-bond donors (Lipinski definition) is 0. The molecule has 1 aromatic heterocycles. The van der Waals surface area contributed by atoms with E-state index < -0.39 is 0 Å². The van der Waals surface area contributed by atoms with E-state index in [0.717, 1.165) is 44.2 Å². The molecular formula is C20H24ClN3O2. The van der Waals surface area contributed by atoms with Gasteiger partial charge in [0.1, 0.15) is 11.6 Å². The molecule has 2 aromatic rings. The number of benzene rings is 1. The van der Waals surface area contributed by atoms with Gasteiger partial charge in [-0.3, -0.25) is 4.79 Å². The van der Waals surface area contributed by atoms with Crippen LogP contribution < -0.4 is 4.74 Å². The second-order valence-electron chi connectivity index (χ2n) is 7.30. The summed E-state index contributed by atoms with van der Waals surface area (Å²) in [6.07, 6.45) is 8.72. The van der Waals surface area contributed by atoms with Crippen molar-refractivity contribution in [3.63, 3.8) is 0 Å². The lowest BCUT2D eigenvalue weighted by atomic mass is 9.97. The fourth-order valence-electron chi connectivity index (χ4n) is 3.60. The summed E-state index contributed by atoms with van der Waals surface area (Å²) < 4.78 is 7.91. The Bertz CT molecular complexity index is 755. The van der Waals surface area contributed by atoms with Gasteiger partial charge in [0, 0.05) is 43.0 Å². The van der Waals surface area contributed by atoms with Gasteiger partial charge in [-0.05, 0) is 55.9 Å². The van der Waals surface area contributed by atoms with E-state index in [-0.39, 0.29) is 12.5 Å². The first-order valence-corrected chi connectivity index (χ1v) is 9.74. The Hall–Kier alpha value is -2.01. The largest absolute Gasteiger partial charge is 0.484 e. The number of aromatic nitrogens is 2. The lowest BCUT2D eigenvalue weighted by Crippen LogP contribution is -2.42. The van der Waals surface area contributed by atoms with Crippen LogP contribution in [0.25, 0.3) is 0 Å². The third-order valence-corrected chi connectivity index (χ3v) is 5.47. The van der Waals surface area contributed by atoms with Gasteiger partial charge in [-0.25, -0.2) is 4.98 Å². The monoisotopic (exact) mass is 373 g/mol. The highest BCUT2D eigenvalue weighted by Crippen LogP contribution is 2.33.